The number of oxazole rings is 1. The number of aromatic nitrogens is 1. The largest absolute Gasteiger partial charge is 0.443 e. The Morgan fingerprint density at radius 1 is 1.19 bits per heavy atom. The highest BCUT2D eigenvalue weighted by atomic mass is 16.3. The van der Waals surface area contributed by atoms with E-state index in [4.69, 9.17) is 4.42 Å². The van der Waals surface area contributed by atoms with E-state index in [1.165, 1.54) is 6.39 Å². The molecular formula is C17H16N2O2. The molecule has 0 spiro atoms. The number of carbonyl (C=O) groups excluding carboxylic acids is 1. The summed E-state index contributed by atoms with van der Waals surface area (Å²) < 4.78 is 5.23. The number of amides is 1. The van der Waals surface area contributed by atoms with Crippen LogP contribution in [0.25, 0.3) is 11.1 Å². The van der Waals surface area contributed by atoms with Crippen LogP contribution in [0.5, 0.6) is 0 Å². The maximum absolute atomic E-state index is 12.4. The third-order valence-electron chi connectivity index (χ3n) is 3.42. The van der Waals surface area contributed by atoms with Gasteiger partial charge >= 0.3 is 0 Å². The Morgan fingerprint density at radius 3 is 2.81 bits per heavy atom. The number of anilines is 1. The van der Waals surface area contributed by atoms with Gasteiger partial charge in [-0.1, -0.05) is 32.0 Å². The second-order valence-electron chi connectivity index (χ2n) is 5.23. The molecule has 0 fully saturated rings. The molecule has 21 heavy (non-hydrogen) atoms. The molecule has 106 valence electrons. The van der Waals surface area contributed by atoms with E-state index >= 15 is 0 Å². The quantitative estimate of drug-likeness (QED) is 0.782. The number of nitrogens with zero attached hydrogens (tertiary/aromatic N) is 1. The molecule has 0 aliphatic carbocycles. The summed E-state index contributed by atoms with van der Waals surface area (Å²) in [7, 11) is 0. The van der Waals surface area contributed by atoms with Crippen molar-refractivity contribution in [2.75, 3.05) is 5.32 Å². The molecule has 2 aromatic carbocycles. The molecule has 4 heteroatoms. The molecule has 1 amide bonds. The van der Waals surface area contributed by atoms with Gasteiger partial charge in [-0.2, -0.15) is 0 Å². The molecule has 0 bridgehead atoms. The molecule has 0 atom stereocenters. The number of carbonyl (C=O) groups is 1. The second kappa shape index (κ2) is 5.40. The van der Waals surface area contributed by atoms with Crippen LogP contribution in [-0.2, 0) is 0 Å². The van der Waals surface area contributed by atoms with Crippen LogP contribution in [-0.4, -0.2) is 10.9 Å². The van der Waals surface area contributed by atoms with Gasteiger partial charge in [-0.15, -0.1) is 0 Å². The Kier molecular flexibility index (Phi) is 3.44. The van der Waals surface area contributed by atoms with Crippen LogP contribution in [0.1, 0.15) is 35.7 Å². The van der Waals surface area contributed by atoms with Gasteiger partial charge in [0.1, 0.15) is 5.52 Å². The smallest absolute Gasteiger partial charge is 0.255 e. The van der Waals surface area contributed by atoms with Crippen LogP contribution in [0.4, 0.5) is 5.69 Å². The number of hydrogen-bond acceptors (Lipinski definition) is 3. The lowest BCUT2D eigenvalue weighted by Crippen LogP contribution is -2.13. The summed E-state index contributed by atoms with van der Waals surface area (Å²) in [5.41, 5.74) is 3.87. The van der Waals surface area contributed by atoms with Crippen LogP contribution in [0, 0.1) is 0 Å². The predicted molar refractivity (Wildman–Crippen MR) is 82.5 cm³/mol. The number of para-hydroxylation sites is 1. The molecule has 3 aromatic rings. The highest BCUT2D eigenvalue weighted by molar-refractivity contribution is 6.06. The molecule has 4 nitrogen and oxygen atoms in total. The van der Waals surface area contributed by atoms with Crippen molar-refractivity contribution in [3.63, 3.8) is 0 Å². The van der Waals surface area contributed by atoms with E-state index in [1.54, 1.807) is 18.2 Å². The molecule has 0 saturated carbocycles. The monoisotopic (exact) mass is 280 g/mol. The number of rotatable bonds is 3. The summed E-state index contributed by atoms with van der Waals surface area (Å²) >= 11 is 0. The minimum Gasteiger partial charge on any atom is -0.443 e. The van der Waals surface area contributed by atoms with Gasteiger partial charge in [0, 0.05) is 11.3 Å². The first-order chi connectivity index (χ1) is 10.1. The minimum atomic E-state index is -0.151. The van der Waals surface area contributed by atoms with Gasteiger partial charge in [-0.3, -0.25) is 4.79 Å². The Hall–Kier alpha value is -2.62. The van der Waals surface area contributed by atoms with Crippen molar-refractivity contribution in [1.82, 2.24) is 4.98 Å². The summed E-state index contributed by atoms with van der Waals surface area (Å²) in [4.78, 5) is 16.4. The zero-order chi connectivity index (χ0) is 14.8. The molecule has 1 aromatic heterocycles. The number of fused-ring (bicyclic) bond motifs is 1. The van der Waals surface area contributed by atoms with Crippen molar-refractivity contribution >= 4 is 22.7 Å². The molecule has 0 radical (unpaired) electrons. The fourth-order valence-electron chi connectivity index (χ4n) is 2.31. The average Bonchev–Trinajstić information content (AvgIpc) is 2.94. The maximum Gasteiger partial charge on any atom is 0.255 e. The van der Waals surface area contributed by atoms with Crippen LogP contribution < -0.4 is 5.32 Å². The molecular weight excluding hydrogens is 264 g/mol. The summed E-state index contributed by atoms with van der Waals surface area (Å²) in [6.45, 7) is 4.21. The van der Waals surface area contributed by atoms with E-state index in [1.807, 2.05) is 24.3 Å². The second-order valence-corrected chi connectivity index (χ2v) is 5.23. The standard InChI is InChI=1S/C17H16N2O2/c1-11(2)13-5-3-4-6-14(13)19-17(20)12-7-8-15-16(9-12)21-10-18-15/h3-11H,1-2H3,(H,19,20). The molecule has 0 aliphatic heterocycles. The van der Waals surface area contributed by atoms with Crippen molar-refractivity contribution in [3.05, 3.63) is 60.0 Å². The normalized spacial score (nSPS) is 11.0. The number of hydrogen-bond donors (Lipinski definition) is 1. The van der Waals surface area contributed by atoms with Gasteiger partial charge in [-0.25, -0.2) is 4.98 Å². The van der Waals surface area contributed by atoms with Crippen molar-refractivity contribution in [2.45, 2.75) is 19.8 Å². The molecule has 1 heterocycles. The molecule has 0 aliphatic rings. The van der Waals surface area contributed by atoms with Crippen LogP contribution in [0.2, 0.25) is 0 Å². The number of benzene rings is 2. The lowest BCUT2D eigenvalue weighted by molar-refractivity contribution is 0.102. The van der Waals surface area contributed by atoms with Gasteiger partial charge in [0.15, 0.2) is 12.0 Å². The Balaban J connectivity index is 1.89. The van der Waals surface area contributed by atoms with E-state index in [2.05, 4.69) is 24.1 Å². The fraction of sp³-hybridized carbons (Fsp3) is 0.176. The van der Waals surface area contributed by atoms with E-state index in [0.717, 1.165) is 16.8 Å². The molecule has 0 saturated heterocycles. The summed E-state index contributed by atoms with van der Waals surface area (Å²) in [6.07, 6.45) is 1.38. The van der Waals surface area contributed by atoms with E-state index in [0.29, 0.717) is 17.1 Å². The third kappa shape index (κ3) is 2.65. The molecule has 3 rings (SSSR count). The first kappa shape index (κ1) is 13.4. The Labute approximate surface area is 122 Å². The maximum atomic E-state index is 12.4. The summed E-state index contributed by atoms with van der Waals surface area (Å²) in [5, 5.41) is 2.96. The first-order valence-corrected chi connectivity index (χ1v) is 6.88. The summed E-state index contributed by atoms with van der Waals surface area (Å²) in [6, 6.07) is 13.1. The van der Waals surface area contributed by atoms with Crippen molar-refractivity contribution in [1.29, 1.82) is 0 Å². The topological polar surface area (TPSA) is 55.1 Å². The SMILES string of the molecule is CC(C)c1ccccc1NC(=O)c1ccc2ncoc2c1. The molecule has 0 unspecified atom stereocenters. The summed E-state index contributed by atoms with van der Waals surface area (Å²) in [5.74, 6) is 0.194. The van der Waals surface area contributed by atoms with Gasteiger partial charge in [-0.05, 0) is 35.7 Å². The zero-order valence-electron chi connectivity index (χ0n) is 12.0. The molecule has 1 N–H and O–H groups in total. The van der Waals surface area contributed by atoms with Crippen LogP contribution >= 0.6 is 0 Å². The van der Waals surface area contributed by atoms with Gasteiger partial charge in [0.25, 0.3) is 5.91 Å². The first-order valence-electron chi connectivity index (χ1n) is 6.88. The third-order valence-corrected chi connectivity index (χ3v) is 3.42. The fourth-order valence-corrected chi connectivity index (χ4v) is 2.31. The van der Waals surface area contributed by atoms with Crippen molar-refractivity contribution in [2.24, 2.45) is 0 Å². The van der Waals surface area contributed by atoms with Gasteiger partial charge in [0.05, 0.1) is 0 Å². The van der Waals surface area contributed by atoms with Gasteiger partial charge < -0.3 is 9.73 Å². The van der Waals surface area contributed by atoms with E-state index in [9.17, 15) is 4.79 Å². The van der Waals surface area contributed by atoms with E-state index < -0.39 is 0 Å². The van der Waals surface area contributed by atoms with Gasteiger partial charge in [0.2, 0.25) is 0 Å². The highest BCUT2D eigenvalue weighted by Gasteiger charge is 2.12. The Morgan fingerprint density at radius 2 is 2.00 bits per heavy atom. The van der Waals surface area contributed by atoms with Crippen LogP contribution in [0.15, 0.2) is 53.3 Å². The number of nitrogens with one attached hydrogen (secondary N) is 1. The Bertz CT molecular complexity index is 790. The lowest BCUT2D eigenvalue weighted by Gasteiger charge is -2.13. The minimum absolute atomic E-state index is 0.151. The predicted octanol–water partition coefficient (Wildman–Crippen LogP) is 4.20. The van der Waals surface area contributed by atoms with Crippen molar-refractivity contribution < 1.29 is 9.21 Å². The highest BCUT2D eigenvalue weighted by Crippen LogP contribution is 2.24. The lowest BCUT2D eigenvalue weighted by atomic mass is 10.0. The zero-order valence-corrected chi connectivity index (χ0v) is 12.0. The average molecular weight is 280 g/mol. The van der Waals surface area contributed by atoms with E-state index in [-0.39, 0.29) is 5.91 Å². The van der Waals surface area contributed by atoms with Crippen LogP contribution in [0.3, 0.4) is 0 Å². The van der Waals surface area contributed by atoms with Crippen molar-refractivity contribution in [3.8, 4) is 0 Å².